The van der Waals surface area contributed by atoms with Gasteiger partial charge in [0.05, 0.1) is 10.8 Å². The Bertz CT molecular complexity index is 499. The Labute approximate surface area is 107 Å². The van der Waals surface area contributed by atoms with Gasteiger partial charge in [-0.25, -0.2) is 9.18 Å². The Morgan fingerprint density at radius 1 is 1.59 bits per heavy atom. The van der Waals surface area contributed by atoms with E-state index in [2.05, 4.69) is 0 Å². The lowest BCUT2D eigenvalue weighted by Gasteiger charge is -2.24. The first-order chi connectivity index (χ1) is 7.99. The Morgan fingerprint density at radius 3 is 2.88 bits per heavy atom. The van der Waals surface area contributed by atoms with Crippen molar-refractivity contribution in [1.29, 1.82) is 0 Å². The fourth-order valence-electron chi connectivity index (χ4n) is 1.71. The van der Waals surface area contributed by atoms with Crippen molar-refractivity contribution in [3.05, 3.63) is 34.4 Å². The van der Waals surface area contributed by atoms with Crippen LogP contribution in [-0.2, 0) is 4.79 Å². The van der Waals surface area contributed by atoms with Gasteiger partial charge in [0.2, 0.25) is 0 Å². The van der Waals surface area contributed by atoms with Crippen LogP contribution >= 0.6 is 23.4 Å². The van der Waals surface area contributed by atoms with Crippen molar-refractivity contribution in [3.63, 3.8) is 0 Å². The number of rotatable bonds is 2. The second kappa shape index (κ2) is 4.70. The maximum atomic E-state index is 13.4. The number of fused-ring (bicyclic) bond motifs is 1. The largest absolute Gasteiger partial charge is 0.478 e. The van der Waals surface area contributed by atoms with Gasteiger partial charge in [-0.15, -0.1) is 11.8 Å². The fourth-order valence-corrected chi connectivity index (χ4v) is 3.05. The molecule has 2 unspecified atom stereocenters. The maximum Gasteiger partial charge on any atom is 0.332 e. The van der Waals surface area contributed by atoms with Crippen molar-refractivity contribution in [2.75, 3.05) is 0 Å². The molecule has 0 amide bonds. The minimum absolute atomic E-state index is 0.0831. The van der Waals surface area contributed by atoms with Gasteiger partial charge < -0.3 is 5.11 Å². The summed E-state index contributed by atoms with van der Waals surface area (Å²) >= 11 is 7.07. The number of halogens is 2. The third-order valence-electron chi connectivity index (χ3n) is 2.51. The second-order valence-electron chi connectivity index (χ2n) is 3.80. The van der Waals surface area contributed by atoms with Gasteiger partial charge in [-0.05, 0) is 36.8 Å². The van der Waals surface area contributed by atoms with Crippen LogP contribution < -0.4 is 0 Å². The van der Waals surface area contributed by atoms with E-state index in [1.807, 2.05) is 0 Å². The molecule has 2 rings (SSSR count). The molecule has 2 atom stereocenters. The van der Waals surface area contributed by atoms with Crippen LogP contribution in [0.2, 0.25) is 5.02 Å². The molecule has 0 saturated carbocycles. The molecule has 1 N–H and O–H groups in total. The third-order valence-corrected chi connectivity index (χ3v) is 4.25. The first-order valence-corrected chi connectivity index (χ1v) is 6.30. The molecule has 1 aliphatic heterocycles. The van der Waals surface area contributed by atoms with E-state index in [0.717, 1.165) is 10.5 Å². The number of benzene rings is 1. The lowest BCUT2D eigenvalue weighted by Crippen LogP contribution is -2.25. The van der Waals surface area contributed by atoms with E-state index >= 15 is 0 Å². The lowest BCUT2D eigenvalue weighted by atomic mass is 10.0. The number of thioether (sulfide) groups is 1. The topological polar surface area (TPSA) is 37.3 Å². The highest BCUT2D eigenvalue weighted by Crippen LogP contribution is 2.40. The third kappa shape index (κ3) is 2.48. The van der Waals surface area contributed by atoms with E-state index in [-0.39, 0.29) is 5.57 Å². The van der Waals surface area contributed by atoms with Crippen molar-refractivity contribution < 1.29 is 14.3 Å². The van der Waals surface area contributed by atoms with Crippen molar-refractivity contribution in [1.82, 2.24) is 0 Å². The summed E-state index contributed by atoms with van der Waals surface area (Å²) < 4.78 is 13.4. The van der Waals surface area contributed by atoms with Crippen molar-refractivity contribution >= 4 is 35.4 Å². The molecule has 0 aliphatic carbocycles. The first-order valence-electron chi connectivity index (χ1n) is 5.04. The zero-order chi connectivity index (χ0) is 12.6. The van der Waals surface area contributed by atoms with Crippen LogP contribution in [-0.4, -0.2) is 22.5 Å². The summed E-state index contributed by atoms with van der Waals surface area (Å²) in [6.07, 6.45) is 0.284. The van der Waals surface area contributed by atoms with Crippen molar-refractivity contribution in [3.8, 4) is 0 Å². The van der Waals surface area contributed by atoms with Gasteiger partial charge in [0.15, 0.2) is 0 Å². The summed E-state index contributed by atoms with van der Waals surface area (Å²) in [6.45, 7) is 1.37. The maximum absolute atomic E-state index is 13.4. The normalized spacial score (nSPS) is 20.4. The molecule has 1 heterocycles. The highest BCUT2D eigenvalue weighted by molar-refractivity contribution is 8.00. The Morgan fingerprint density at radius 2 is 2.29 bits per heavy atom. The van der Waals surface area contributed by atoms with E-state index in [9.17, 15) is 9.18 Å². The van der Waals surface area contributed by atoms with Crippen molar-refractivity contribution in [2.45, 2.75) is 23.2 Å². The summed E-state index contributed by atoms with van der Waals surface area (Å²) in [6, 6.07) is 5.19. The molecule has 0 fully saturated rings. The van der Waals surface area contributed by atoms with E-state index in [1.165, 1.54) is 24.8 Å². The first kappa shape index (κ1) is 12.5. The van der Waals surface area contributed by atoms with E-state index in [0.29, 0.717) is 5.02 Å². The highest BCUT2D eigenvalue weighted by Gasteiger charge is 2.31. The van der Waals surface area contributed by atoms with Gasteiger partial charge in [0.25, 0.3) is 0 Å². The molecule has 0 saturated heterocycles. The summed E-state index contributed by atoms with van der Waals surface area (Å²) in [5.41, 5.74) is 0.816. The molecule has 0 aromatic heterocycles. The van der Waals surface area contributed by atoms with E-state index in [1.54, 1.807) is 18.2 Å². The number of hydrogen-bond acceptors (Lipinski definition) is 2. The average Bonchev–Trinajstić information content (AvgIpc) is 2.26. The van der Waals surface area contributed by atoms with Gasteiger partial charge >= 0.3 is 5.97 Å². The summed E-state index contributed by atoms with van der Waals surface area (Å²) in [5.74, 6) is -1.09. The zero-order valence-electron chi connectivity index (χ0n) is 8.98. The molecule has 0 bridgehead atoms. The number of alkyl halides is 1. The van der Waals surface area contributed by atoms with Crippen LogP contribution in [0.4, 0.5) is 4.39 Å². The Hall–Kier alpha value is -1.00. The van der Waals surface area contributed by atoms with Crippen LogP contribution in [0.1, 0.15) is 12.5 Å². The minimum atomic E-state index is -1.22. The predicted octanol–water partition coefficient (Wildman–Crippen LogP) is 3.64. The van der Waals surface area contributed by atoms with Crippen LogP contribution in [0.25, 0.3) is 6.08 Å². The lowest BCUT2D eigenvalue weighted by molar-refractivity contribution is -0.132. The molecule has 90 valence electrons. The number of carboxylic acid groups (broad SMARTS) is 1. The van der Waals surface area contributed by atoms with Gasteiger partial charge in [0.1, 0.15) is 6.17 Å². The Balaban J connectivity index is 2.50. The van der Waals surface area contributed by atoms with Gasteiger partial charge in [-0.3, -0.25) is 0 Å². The summed E-state index contributed by atoms with van der Waals surface area (Å²) in [7, 11) is 0. The standard InChI is InChI=1S/C12H10ClFO2S/c1-6(14)11-9(12(15)16)5-7-4-8(13)2-3-10(7)17-11/h2-6,11H,1H3,(H,15,16). The molecule has 17 heavy (non-hydrogen) atoms. The molecule has 0 spiro atoms. The van der Waals surface area contributed by atoms with Crippen LogP contribution in [0.5, 0.6) is 0 Å². The predicted molar refractivity (Wildman–Crippen MR) is 67.3 cm³/mol. The number of aliphatic carboxylic acids is 1. The van der Waals surface area contributed by atoms with Crippen molar-refractivity contribution in [2.24, 2.45) is 0 Å². The van der Waals surface area contributed by atoms with Gasteiger partial charge in [-0.2, -0.15) is 0 Å². The SMILES string of the molecule is CC(F)C1Sc2ccc(Cl)cc2C=C1C(=O)O. The zero-order valence-corrected chi connectivity index (χ0v) is 10.6. The molecule has 1 aromatic rings. The van der Waals surface area contributed by atoms with Crippen LogP contribution in [0.3, 0.4) is 0 Å². The molecular weight excluding hydrogens is 263 g/mol. The smallest absolute Gasteiger partial charge is 0.332 e. The molecule has 1 aliphatic rings. The molecule has 0 radical (unpaired) electrons. The number of carbonyl (C=O) groups is 1. The number of hydrogen-bond donors (Lipinski definition) is 1. The highest BCUT2D eigenvalue weighted by atomic mass is 35.5. The van der Waals surface area contributed by atoms with E-state index < -0.39 is 17.4 Å². The fraction of sp³-hybridized carbons (Fsp3) is 0.250. The minimum Gasteiger partial charge on any atom is -0.478 e. The average molecular weight is 273 g/mol. The molecule has 2 nitrogen and oxygen atoms in total. The van der Waals surface area contributed by atoms with E-state index in [4.69, 9.17) is 16.7 Å². The molecular formula is C12H10ClFO2S. The quantitative estimate of drug-likeness (QED) is 0.893. The Kier molecular flexibility index (Phi) is 3.45. The molecule has 1 aromatic carbocycles. The summed E-state index contributed by atoms with van der Waals surface area (Å²) in [4.78, 5) is 11.9. The van der Waals surface area contributed by atoms with Gasteiger partial charge in [-0.1, -0.05) is 11.6 Å². The summed E-state index contributed by atoms with van der Waals surface area (Å²) in [5, 5.41) is 8.94. The number of carboxylic acids is 1. The van der Waals surface area contributed by atoms with Crippen LogP contribution in [0, 0.1) is 0 Å². The van der Waals surface area contributed by atoms with Crippen LogP contribution in [0.15, 0.2) is 28.7 Å². The second-order valence-corrected chi connectivity index (χ2v) is 5.42. The molecule has 5 heteroatoms. The monoisotopic (exact) mass is 272 g/mol. The van der Waals surface area contributed by atoms with Gasteiger partial charge in [0, 0.05) is 9.92 Å².